The summed E-state index contributed by atoms with van der Waals surface area (Å²) in [5, 5.41) is 0. The van der Waals surface area contributed by atoms with E-state index in [1.807, 2.05) is 43.3 Å². The third-order valence-corrected chi connectivity index (χ3v) is 2.91. The third-order valence-electron chi connectivity index (χ3n) is 2.91. The van der Waals surface area contributed by atoms with Crippen molar-refractivity contribution in [2.24, 2.45) is 5.73 Å². The van der Waals surface area contributed by atoms with Gasteiger partial charge in [-0.05, 0) is 43.2 Å². The first kappa shape index (κ1) is 14.3. The quantitative estimate of drug-likeness (QED) is 0.875. The Balaban J connectivity index is 2.04. The number of nitrogens with zero attached hydrogens (tertiary/aromatic N) is 1. The summed E-state index contributed by atoms with van der Waals surface area (Å²) < 4.78 is 11.2. The minimum Gasteiger partial charge on any atom is -0.494 e. The van der Waals surface area contributed by atoms with E-state index in [-0.39, 0.29) is 0 Å². The van der Waals surface area contributed by atoms with Gasteiger partial charge in [-0.1, -0.05) is 13.0 Å². The Kier molecular flexibility index (Phi) is 4.96. The zero-order valence-electron chi connectivity index (χ0n) is 11.9. The average Bonchev–Trinajstić information content (AvgIpc) is 2.47. The first-order chi connectivity index (χ1) is 9.72. The largest absolute Gasteiger partial charge is 0.494 e. The summed E-state index contributed by atoms with van der Waals surface area (Å²) >= 11 is 0. The van der Waals surface area contributed by atoms with Crippen molar-refractivity contribution in [1.82, 2.24) is 4.98 Å². The van der Waals surface area contributed by atoms with Crippen LogP contribution in [0, 0.1) is 6.92 Å². The summed E-state index contributed by atoms with van der Waals surface area (Å²) in [6.45, 7) is 5.22. The Morgan fingerprint density at radius 2 is 1.75 bits per heavy atom. The highest BCUT2D eigenvalue weighted by atomic mass is 16.5. The molecule has 4 heteroatoms. The molecule has 0 unspecified atom stereocenters. The Bertz CT molecular complexity index is 553. The van der Waals surface area contributed by atoms with Crippen molar-refractivity contribution in [2.75, 3.05) is 6.61 Å². The van der Waals surface area contributed by atoms with E-state index in [2.05, 4.69) is 11.9 Å². The van der Waals surface area contributed by atoms with Gasteiger partial charge in [-0.15, -0.1) is 0 Å². The number of aryl methyl sites for hydroxylation is 1. The fraction of sp³-hybridized carbons (Fsp3) is 0.312. The lowest BCUT2D eigenvalue weighted by Gasteiger charge is -2.09. The van der Waals surface area contributed by atoms with E-state index < -0.39 is 0 Å². The third kappa shape index (κ3) is 3.71. The van der Waals surface area contributed by atoms with Crippen LogP contribution in [-0.4, -0.2) is 11.6 Å². The predicted molar refractivity (Wildman–Crippen MR) is 79.2 cm³/mol. The van der Waals surface area contributed by atoms with E-state index in [9.17, 15) is 0 Å². The van der Waals surface area contributed by atoms with Crippen LogP contribution in [0.5, 0.6) is 17.4 Å². The Labute approximate surface area is 119 Å². The topological polar surface area (TPSA) is 57.4 Å². The van der Waals surface area contributed by atoms with E-state index in [1.54, 1.807) is 0 Å². The predicted octanol–water partition coefficient (Wildman–Crippen LogP) is 3.43. The number of ether oxygens (including phenoxy) is 2. The maximum Gasteiger partial charge on any atom is 0.219 e. The molecule has 0 bridgehead atoms. The fourth-order valence-electron chi connectivity index (χ4n) is 1.78. The van der Waals surface area contributed by atoms with Crippen LogP contribution in [0.25, 0.3) is 0 Å². The summed E-state index contributed by atoms with van der Waals surface area (Å²) in [6.07, 6.45) is 0.995. The molecular formula is C16H20N2O2. The molecule has 0 fully saturated rings. The first-order valence-corrected chi connectivity index (χ1v) is 6.80. The monoisotopic (exact) mass is 272 g/mol. The van der Waals surface area contributed by atoms with Crippen LogP contribution in [0.3, 0.4) is 0 Å². The Hall–Kier alpha value is -2.07. The summed E-state index contributed by atoms with van der Waals surface area (Å²) in [5.74, 6) is 2.16. The number of benzene rings is 1. The standard InChI is InChI=1S/C16H20N2O2/c1-3-10-19-14-5-7-15(8-6-14)20-16-9-4-13(11-17)12(2)18-16/h4-9H,3,10-11,17H2,1-2H3. The van der Waals surface area contributed by atoms with Gasteiger partial charge in [0.1, 0.15) is 11.5 Å². The van der Waals surface area contributed by atoms with Crippen molar-refractivity contribution in [3.05, 3.63) is 47.7 Å². The first-order valence-electron chi connectivity index (χ1n) is 6.80. The molecule has 0 radical (unpaired) electrons. The molecule has 0 saturated heterocycles. The van der Waals surface area contributed by atoms with Crippen LogP contribution in [0.4, 0.5) is 0 Å². The molecule has 2 N–H and O–H groups in total. The van der Waals surface area contributed by atoms with Crippen molar-refractivity contribution in [3.63, 3.8) is 0 Å². The van der Waals surface area contributed by atoms with Gasteiger partial charge >= 0.3 is 0 Å². The number of rotatable bonds is 6. The van der Waals surface area contributed by atoms with Gasteiger partial charge in [0.2, 0.25) is 5.88 Å². The highest BCUT2D eigenvalue weighted by Crippen LogP contribution is 2.23. The van der Waals surface area contributed by atoms with Gasteiger partial charge in [-0.3, -0.25) is 0 Å². The number of aromatic nitrogens is 1. The molecule has 0 aliphatic rings. The van der Waals surface area contributed by atoms with Gasteiger partial charge in [-0.25, -0.2) is 4.98 Å². The van der Waals surface area contributed by atoms with Crippen LogP contribution in [0.15, 0.2) is 36.4 Å². The van der Waals surface area contributed by atoms with Crippen LogP contribution >= 0.6 is 0 Å². The van der Waals surface area contributed by atoms with Gasteiger partial charge in [-0.2, -0.15) is 0 Å². The zero-order valence-corrected chi connectivity index (χ0v) is 11.9. The number of hydrogen-bond donors (Lipinski definition) is 1. The molecule has 0 atom stereocenters. The van der Waals surface area contributed by atoms with Crippen molar-refractivity contribution < 1.29 is 9.47 Å². The molecule has 106 valence electrons. The summed E-state index contributed by atoms with van der Waals surface area (Å²) in [6, 6.07) is 11.3. The zero-order chi connectivity index (χ0) is 14.4. The molecule has 0 spiro atoms. The lowest BCUT2D eigenvalue weighted by Crippen LogP contribution is -2.01. The van der Waals surface area contributed by atoms with Crippen molar-refractivity contribution >= 4 is 0 Å². The molecule has 0 amide bonds. The second kappa shape index (κ2) is 6.91. The van der Waals surface area contributed by atoms with Crippen LogP contribution in [0.1, 0.15) is 24.6 Å². The van der Waals surface area contributed by atoms with E-state index in [4.69, 9.17) is 15.2 Å². The molecule has 2 rings (SSSR count). The molecule has 1 aromatic carbocycles. The molecule has 0 aliphatic heterocycles. The molecule has 1 heterocycles. The normalized spacial score (nSPS) is 10.3. The van der Waals surface area contributed by atoms with E-state index in [0.29, 0.717) is 12.4 Å². The van der Waals surface area contributed by atoms with Gasteiger partial charge in [0, 0.05) is 18.3 Å². The van der Waals surface area contributed by atoms with Gasteiger partial charge in [0.05, 0.1) is 6.61 Å². The highest BCUT2D eigenvalue weighted by Gasteiger charge is 2.03. The lowest BCUT2D eigenvalue weighted by atomic mass is 10.2. The summed E-state index contributed by atoms with van der Waals surface area (Å²) in [4.78, 5) is 4.38. The molecule has 4 nitrogen and oxygen atoms in total. The smallest absolute Gasteiger partial charge is 0.219 e. The Morgan fingerprint density at radius 1 is 1.05 bits per heavy atom. The minimum atomic E-state index is 0.489. The fourth-order valence-corrected chi connectivity index (χ4v) is 1.78. The maximum atomic E-state index is 5.71. The second-order valence-electron chi connectivity index (χ2n) is 4.52. The van der Waals surface area contributed by atoms with E-state index in [1.165, 1.54) is 0 Å². The summed E-state index contributed by atoms with van der Waals surface area (Å²) in [7, 11) is 0. The SMILES string of the molecule is CCCOc1ccc(Oc2ccc(CN)c(C)n2)cc1. The van der Waals surface area contributed by atoms with Gasteiger partial charge in [0.25, 0.3) is 0 Å². The van der Waals surface area contributed by atoms with Crippen LogP contribution < -0.4 is 15.2 Å². The van der Waals surface area contributed by atoms with E-state index in [0.717, 1.165) is 35.8 Å². The molecule has 2 aromatic rings. The number of nitrogens with two attached hydrogens (primary N) is 1. The minimum absolute atomic E-state index is 0.489. The molecule has 0 aliphatic carbocycles. The molecular weight excluding hydrogens is 252 g/mol. The van der Waals surface area contributed by atoms with E-state index >= 15 is 0 Å². The maximum absolute atomic E-state index is 5.71. The lowest BCUT2D eigenvalue weighted by molar-refractivity contribution is 0.317. The van der Waals surface area contributed by atoms with Gasteiger partial charge in [0.15, 0.2) is 0 Å². The highest BCUT2D eigenvalue weighted by molar-refractivity contribution is 5.34. The van der Waals surface area contributed by atoms with Crippen LogP contribution in [0.2, 0.25) is 0 Å². The van der Waals surface area contributed by atoms with Crippen molar-refractivity contribution in [1.29, 1.82) is 0 Å². The van der Waals surface area contributed by atoms with Crippen LogP contribution in [-0.2, 0) is 6.54 Å². The second-order valence-corrected chi connectivity index (χ2v) is 4.52. The summed E-state index contributed by atoms with van der Waals surface area (Å²) in [5.41, 5.74) is 7.54. The Morgan fingerprint density at radius 3 is 2.35 bits per heavy atom. The molecule has 1 aromatic heterocycles. The molecule has 0 saturated carbocycles. The van der Waals surface area contributed by atoms with Gasteiger partial charge < -0.3 is 15.2 Å². The molecule has 20 heavy (non-hydrogen) atoms. The average molecular weight is 272 g/mol. The number of hydrogen-bond acceptors (Lipinski definition) is 4. The van der Waals surface area contributed by atoms with Crippen molar-refractivity contribution in [3.8, 4) is 17.4 Å². The number of pyridine rings is 1. The van der Waals surface area contributed by atoms with Crippen molar-refractivity contribution in [2.45, 2.75) is 26.8 Å².